The quantitative estimate of drug-likeness (QED) is 0.304. The molecular formula is C24H26B3N9O4. The average Bonchev–Trinajstić information content (AvgIpc) is 3.63. The van der Waals surface area contributed by atoms with E-state index >= 15 is 0 Å². The molecule has 1 saturated carbocycles. The first-order chi connectivity index (χ1) is 19.0. The number of amides is 2. The molecular weight excluding hydrogens is 511 g/mol. The summed E-state index contributed by atoms with van der Waals surface area (Å²) in [5.74, 6) is -0.00766. The SMILES string of the molecule is [B]C([B])([B])NC(=O)c1nnc(NC(=O)C2CC2)cc1Nc1cc(N2CC(OC)C2)cc(-c2ncn(C)n2)c1OC. The van der Waals surface area contributed by atoms with Crippen molar-refractivity contribution < 1.29 is 19.1 Å². The van der Waals surface area contributed by atoms with Gasteiger partial charge in [0.15, 0.2) is 23.1 Å². The molecule has 13 nitrogen and oxygen atoms in total. The van der Waals surface area contributed by atoms with Gasteiger partial charge in [0.2, 0.25) is 5.91 Å². The number of nitrogens with one attached hydrogen (secondary N) is 3. The Morgan fingerprint density at radius 3 is 2.42 bits per heavy atom. The molecule has 1 aliphatic carbocycles. The van der Waals surface area contributed by atoms with Crippen LogP contribution in [0.3, 0.4) is 0 Å². The molecule has 200 valence electrons. The number of benzene rings is 1. The van der Waals surface area contributed by atoms with E-state index in [1.165, 1.54) is 13.2 Å². The van der Waals surface area contributed by atoms with Crippen LogP contribution in [0.4, 0.5) is 22.9 Å². The van der Waals surface area contributed by atoms with E-state index in [2.05, 4.69) is 41.1 Å². The number of nitrogens with zero attached hydrogens (tertiary/aromatic N) is 6. The Kier molecular flexibility index (Phi) is 7.45. The Morgan fingerprint density at radius 1 is 1.07 bits per heavy atom. The molecule has 3 heterocycles. The lowest BCUT2D eigenvalue weighted by molar-refractivity contribution is -0.117. The van der Waals surface area contributed by atoms with E-state index in [0.29, 0.717) is 35.9 Å². The Labute approximate surface area is 235 Å². The molecule has 2 aromatic heterocycles. The highest BCUT2D eigenvalue weighted by atomic mass is 16.5. The van der Waals surface area contributed by atoms with Crippen molar-refractivity contribution in [3.8, 4) is 17.1 Å². The van der Waals surface area contributed by atoms with E-state index in [0.717, 1.165) is 18.5 Å². The lowest BCUT2D eigenvalue weighted by Gasteiger charge is -2.40. The Balaban J connectivity index is 1.58. The number of ether oxygens (including phenoxy) is 2. The van der Waals surface area contributed by atoms with Crippen LogP contribution in [-0.4, -0.2) is 99.0 Å². The fraction of sp³-hybridized carbons (Fsp3) is 0.417. The third-order valence-corrected chi connectivity index (χ3v) is 6.47. The van der Waals surface area contributed by atoms with Crippen molar-refractivity contribution in [3.63, 3.8) is 0 Å². The van der Waals surface area contributed by atoms with Crippen molar-refractivity contribution in [1.82, 2.24) is 30.3 Å². The van der Waals surface area contributed by atoms with Gasteiger partial charge in [-0.3, -0.25) is 14.3 Å². The molecule has 3 N–H and O–H groups in total. The van der Waals surface area contributed by atoms with Crippen LogP contribution in [0.1, 0.15) is 23.3 Å². The van der Waals surface area contributed by atoms with Gasteiger partial charge in [0, 0.05) is 44.9 Å². The minimum absolute atomic E-state index is 0.0637. The molecule has 6 radical (unpaired) electrons. The summed E-state index contributed by atoms with van der Waals surface area (Å²) in [6.45, 7) is 1.37. The maximum absolute atomic E-state index is 13.0. The molecule has 0 atom stereocenters. The average molecular weight is 537 g/mol. The third-order valence-electron chi connectivity index (χ3n) is 6.47. The zero-order chi connectivity index (χ0) is 28.6. The van der Waals surface area contributed by atoms with Crippen LogP contribution in [0.15, 0.2) is 24.5 Å². The van der Waals surface area contributed by atoms with Crippen LogP contribution >= 0.6 is 0 Å². The van der Waals surface area contributed by atoms with Crippen LogP contribution in [0, 0.1) is 5.92 Å². The molecule has 2 fully saturated rings. The number of rotatable bonds is 10. The number of aromatic nitrogens is 5. The molecule has 40 heavy (non-hydrogen) atoms. The van der Waals surface area contributed by atoms with Gasteiger partial charge < -0.3 is 30.3 Å². The molecule has 1 aliphatic heterocycles. The fourth-order valence-corrected chi connectivity index (χ4v) is 4.23. The second-order valence-corrected chi connectivity index (χ2v) is 9.85. The van der Waals surface area contributed by atoms with Gasteiger partial charge in [-0.25, -0.2) is 4.98 Å². The zero-order valence-electron chi connectivity index (χ0n) is 22.3. The summed E-state index contributed by atoms with van der Waals surface area (Å²) in [7, 11) is 21.7. The molecule has 1 saturated heterocycles. The number of carbonyl (C=O) groups is 2. The van der Waals surface area contributed by atoms with Crippen molar-refractivity contribution in [2.75, 3.05) is 42.8 Å². The number of anilines is 4. The van der Waals surface area contributed by atoms with Crippen molar-refractivity contribution in [2.24, 2.45) is 13.0 Å². The summed E-state index contributed by atoms with van der Waals surface area (Å²) in [5, 5.41) is 18.7. The minimum atomic E-state index is -2.00. The molecule has 5 rings (SSSR count). The summed E-state index contributed by atoms with van der Waals surface area (Å²) < 4.78 is 12.8. The minimum Gasteiger partial charge on any atom is -0.494 e. The maximum Gasteiger partial charge on any atom is 0.272 e. The predicted octanol–water partition coefficient (Wildman–Crippen LogP) is 0.0544. The van der Waals surface area contributed by atoms with Crippen molar-refractivity contribution in [3.05, 3.63) is 30.2 Å². The lowest BCUT2D eigenvalue weighted by Crippen LogP contribution is -2.51. The van der Waals surface area contributed by atoms with Crippen LogP contribution in [0.5, 0.6) is 5.75 Å². The standard InChI is InChI=1S/C24H26B3N9O4/c1-35-11-28-21(34-35)15-6-13(36-9-14(10-36)39-2)7-17(20(15)40-3)29-16-8-18(30-22(37)12-4-5-12)32-33-19(16)23(38)31-24(25,26)27/h6-8,11-12,14H,4-5,9-10H2,1-3H3,(H,31,38)(H2,29,30,32,37). The highest BCUT2D eigenvalue weighted by Crippen LogP contribution is 2.42. The fourth-order valence-electron chi connectivity index (χ4n) is 4.23. The maximum atomic E-state index is 13.0. The van der Waals surface area contributed by atoms with Gasteiger partial charge in [0.25, 0.3) is 5.91 Å². The summed E-state index contributed by atoms with van der Waals surface area (Å²) in [6, 6.07) is 5.28. The van der Waals surface area contributed by atoms with Crippen LogP contribution in [0.2, 0.25) is 0 Å². The molecule has 1 aromatic carbocycles. The van der Waals surface area contributed by atoms with E-state index in [9.17, 15) is 9.59 Å². The highest BCUT2D eigenvalue weighted by Gasteiger charge is 2.31. The van der Waals surface area contributed by atoms with Crippen LogP contribution in [-0.2, 0) is 16.6 Å². The van der Waals surface area contributed by atoms with Gasteiger partial charge in [-0.1, -0.05) is 5.24 Å². The van der Waals surface area contributed by atoms with Gasteiger partial charge in [0.1, 0.15) is 6.33 Å². The topological polar surface area (TPSA) is 148 Å². The Hall–Kier alpha value is -4.07. The van der Waals surface area contributed by atoms with Crippen LogP contribution in [0.25, 0.3) is 11.4 Å². The molecule has 0 bridgehead atoms. The number of methoxy groups -OCH3 is 2. The highest BCUT2D eigenvalue weighted by molar-refractivity contribution is 6.60. The third kappa shape index (κ3) is 6.06. The van der Waals surface area contributed by atoms with Gasteiger partial charge in [0.05, 0.1) is 53.7 Å². The summed E-state index contributed by atoms with van der Waals surface area (Å²) >= 11 is 0. The second kappa shape index (κ2) is 10.8. The summed E-state index contributed by atoms with van der Waals surface area (Å²) in [4.78, 5) is 31.9. The molecule has 0 unspecified atom stereocenters. The molecule has 2 aliphatic rings. The van der Waals surface area contributed by atoms with E-state index < -0.39 is 11.1 Å². The van der Waals surface area contributed by atoms with Crippen molar-refractivity contribution >= 4 is 58.2 Å². The molecule has 2 amide bonds. The molecule has 3 aromatic rings. The number of carbonyl (C=O) groups excluding carboxylic acids is 2. The number of hydrogen-bond acceptors (Lipinski definition) is 10. The Morgan fingerprint density at radius 2 is 1.82 bits per heavy atom. The van der Waals surface area contributed by atoms with Crippen LogP contribution < -0.4 is 25.6 Å². The van der Waals surface area contributed by atoms with Gasteiger partial charge in [-0.05, 0) is 25.0 Å². The monoisotopic (exact) mass is 537 g/mol. The van der Waals surface area contributed by atoms with E-state index in [4.69, 9.17) is 33.0 Å². The smallest absolute Gasteiger partial charge is 0.272 e. The molecule has 16 heteroatoms. The first-order valence-electron chi connectivity index (χ1n) is 12.5. The normalized spacial score (nSPS) is 15.3. The number of aryl methyl sites for hydroxylation is 1. The largest absolute Gasteiger partial charge is 0.494 e. The Bertz CT molecular complexity index is 1440. The summed E-state index contributed by atoms with van der Waals surface area (Å²) in [6.07, 6.45) is 3.31. The summed E-state index contributed by atoms with van der Waals surface area (Å²) in [5.41, 5.74) is 1.97. The lowest BCUT2D eigenvalue weighted by atomic mass is 9.49. The first kappa shape index (κ1) is 27.5. The second-order valence-electron chi connectivity index (χ2n) is 9.85. The van der Waals surface area contributed by atoms with E-state index in [-0.39, 0.29) is 35.1 Å². The van der Waals surface area contributed by atoms with Gasteiger partial charge in [-0.15, -0.1) is 10.2 Å². The number of hydrogen-bond donors (Lipinski definition) is 3. The van der Waals surface area contributed by atoms with Crippen molar-refractivity contribution in [2.45, 2.75) is 24.2 Å². The van der Waals surface area contributed by atoms with Crippen molar-refractivity contribution in [1.29, 1.82) is 0 Å². The zero-order valence-corrected chi connectivity index (χ0v) is 22.3. The molecule has 0 spiro atoms. The van der Waals surface area contributed by atoms with Gasteiger partial charge >= 0.3 is 0 Å². The van der Waals surface area contributed by atoms with E-state index in [1.54, 1.807) is 25.2 Å². The van der Waals surface area contributed by atoms with E-state index in [1.807, 2.05) is 12.1 Å². The van der Waals surface area contributed by atoms with Gasteiger partial charge in [-0.2, -0.15) is 5.10 Å². The first-order valence-corrected chi connectivity index (χ1v) is 12.5. The predicted molar refractivity (Wildman–Crippen MR) is 150 cm³/mol.